The molecule has 8 nitrogen and oxygen atoms in total. The molecule has 0 radical (unpaired) electrons. The van der Waals surface area contributed by atoms with Crippen molar-refractivity contribution in [3.63, 3.8) is 0 Å². The number of hydrogen-bond donors (Lipinski definition) is 4. The Morgan fingerprint density at radius 3 is 2.61 bits per heavy atom. The summed E-state index contributed by atoms with van der Waals surface area (Å²) in [4.78, 5) is 31.6. The molecular weight excluding hydrogens is 363 g/mol. The number of fused-ring (bicyclic) bond motifs is 1. The zero-order chi connectivity index (χ0) is 20.3. The number of rotatable bonds is 7. The van der Waals surface area contributed by atoms with Gasteiger partial charge in [-0.3, -0.25) is 14.6 Å². The van der Waals surface area contributed by atoms with Crippen LogP contribution in [0.15, 0.2) is 42.6 Å². The average Bonchev–Trinajstić information content (AvgIpc) is 2.67. The molecule has 0 saturated heterocycles. The normalized spacial score (nSPS) is 11.8. The van der Waals surface area contributed by atoms with Crippen LogP contribution in [0.25, 0.3) is 10.9 Å². The van der Waals surface area contributed by atoms with Gasteiger partial charge in [-0.25, -0.2) is 9.37 Å². The SMILES string of the molecule is CC[C@@H](Nc1nc(Nc2cnc3ccccc3c2)c(C(N)=O)cc1F)C(N)=O. The largest absolute Gasteiger partial charge is 0.368 e. The minimum Gasteiger partial charge on any atom is -0.368 e. The number of para-hydroxylation sites is 1. The maximum Gasteiger partial charge on any atom is 0.252 e. The number of hydrogen-bond acceptors (Lipinski definition) is 6. The highest BCUT2D eigenvalue weighted by molar-refractivity contribution is 5.99. The summed E-state index contributed by atoms with van der Waals surface area (Å²) in [6.07, 6.45) is 1.90. The van der Waals surface area contributed by atoms with Crippen molar-refractivity contribution in [3.05, 3.63) is 54.0 Å². The third-order valence-electron chi connectivity index (χ3n) is 4.16. The van der Waals surface area contributed by atoms with Crippen molar-refractivity contribution in [1.82, 2.24) is 9.97 Å². The summed E-state index contributed by atoms with van der Waals surface area (Å²) in [5.41, 5.74) is 11.8. The summed E-state index contributed by atoms with van der Waals surface area (Å²) in [5.74, 6) is -2.50. The molecule has 0 aliphatic carbocycles. The van der Waals surface area contributed by atoms with E-state index in [2.05, 4.69) is 20.6 Å². The van der Waals surface area contributed by atoms with Crippen LogP contribution in [0.4, 0.5) is 21.7 Å². The van der Waals surface area contributed by atoms with Gasteiger partial charge in [0.25, 0.3) is 5.91 Å². The number of benzene rings is 1. The van der Waals surface area contributed by atoms with Crippen molar-refractivity contribution < 1.29 is 14.0 Å². The van der Waals surface area contributed by atoms with Gasteiger partial charge in [-0.1, -0.05) is 25.1 Å². The van der Waals surface area contributed by atoms with E-state index in [0.29, 0.717) is 12.1 Å². The first-order valence-corrected chi connectivity index (χ1v) is 8.57. The van der Waals surface area contributed by atoms with Gasteiger partial charge in [-0.05, 0) is 24.6 Å². The predicted octanol–water partition coefficient (Wildman–Crippen LogP) is 2.29. The second-order valence-electron chi connectivity index (χ2n) is 6.13. The fourth-order valence-electron chi connectivity index (χ4n) is 2.69. The molecule has 0 aliphatic rings. The van der Waals surface area contributed by atoms with Crippen LogP contribution in [0.3, 0.4) is 0 Å². The van der Waals surface area contributed by atoms with Gasteiger partial charge in [0, 0.05) is 5.39 Å². The average molecular weight is 382 g/mol. The summed E-state index contributed by atoms with van der Waals surface area (Å²) < 4.78 is 14.4. The number of nitrogens with two attached hydrogens (primary N) is 2. The highest BCUT2D eigenvalue weighted by Crippen LogP contribution is 2.25. The molecule has 2 heterocycles. The third kappa shape index (κ3) is 3.98. The number of carbonyl (C=O) groups is 2. The Balaban J connectivity index is 2.00. The molecule has 0 spiro atoms. The van der Waals surface area contributed by atoms with Crippen molar-refractivity contribution in [2.45, 2.75) is 19.4 Å². The summed E-state index contributed by atoms with van der Waals surface area (Å²) in [5, 5.41) is 6.46. The van der Waals surface area contributed by atoms with Gasteiger partial charge >= 0.3 is 0 Å². The molecule has 0 saturated carbocycles. The van der Waals surface area contributed by atoms with Crippen molar-refractivity contribution in [3.8, 4) is 0 Å². The Bertz CT molecular complexity index is 1060. The highest BCUT2D eigenvalue weighted by Gasteiger charge is 2.20. The second-order valence-corrected chi connectivity index (χ2v) is 6.13. The molecule has 3 rings (SSSR count). The zero-order valence-electron chi connectivity index (χ0n) is 15.1. The fourth-order valence-corrected chi connectivity index (χ4v) is 2.69. The molecule has 28 heavy (non-hydrogen) atoms. The number of nitrogens with zero attached hydrogens (tertiary/aromatic N) is 2. The minimum absolute atomic E-state index is 0.0350. The molecule has 144 valence electrons. The van der Waals surface area contributed by atoms with E-state index in [1.807, 2.05) is 30.3 Å². The van der Waals surface area contributed by atoms with Crippen LogP contribution < -0.4 is 22.1 Å². The summed E-state index contributed by atoms with van der Waals surface area (Å²) >= 11 is 0. The Hall–Kier alpha value is -3.75. The van der Waals surface area contributed by atoms with E-state index < -0.39 is 23.7 Å². The quantitative estimate of drug-likeness (QED) is 0.495. The number of anilines is 3. The monoisotopic (exact) mass is 382 g/mol. The zero-order valence-corrected chi connectivity index (χ0v) is 15.1. The Labute approximate surface area is 160 Å². The number of amides is 2. The predicted molar refractivity (Wildman–Crippen MR) is 105 cm³/mol. The molecule has 6 N–H and O–H groups in total. The molecule has 2 amide bonds. The standard InChI is InChI=1S/C19H19FN6O2/c1-2-14(17(22)28)25-19-13(20)8-12(16(21)27)18(26-19)24-11-7-10-5-3-4-6-15(10)23-9-11/h3-9,14H,2H2,1H3,(H2,21,27)(H2,22,28)(H2,24,25,26)/t14-/m1/s1. The first kappa shape index (κ1) is 19.0. The van der Waals surface area contributed by atoms with Gasteiger partial charge in [-0.2, -0.15) is 0 Å². The van der Waals surface area contributed by atoms with Crippen LogP contribution in [0, 0.1) is 5.82 Å². The highest BCUT2D eigenvalue weighted by atomic mass is 19.1. The van der Waals surface area contributed by atoms with Crippen LogP contribution >= 0.6 is 0 Å². The molecule has 3 aromatic rings. The van der Waals surface area contributed by atoms with E-state index in [0.717, 1.165) is 17.0 Å². The van der Waals surface area contributed by atoms with Gasteiger partial charge < -0.3 is 22.1 Å². The smallest absolute Gasteiger partial charge is 0.252 e. The first-order chi connectivity index (χ1) is 13.4. The molecule has 0 fully saturated rings. The lowest BCUT2D eigenvalue weighted by molar-refractivity contribution is -0.118. The van der Waals surface area contributed by atoms with Crippen molar-refractivity contribution in [2.75, 3.05) is 10.6 Å². The fraction of sp³-hybridized carbons (Fsp3) is 0.158. The number of nitrogens with one attached hydrogen (secondary N) is 2. The molecule has 0 unspecified atom stereocenters. The van der Waals surface area contributed by atoms with E-state index in [1.165, 1.54) is 0 Å². The van der Waals surface area contributed by atoms with Gasteiger partial charge in [0.15, 0.2) is 11.6 Å². The van der Waals surface area contributed by atoms with Gasteiger partial charge in [0.1, 0.15) is 11.9 Å². The van der Waals surface area contributed by atoms with Gasteiger partial charge in [0.05, 0.1) is 23.0 Å². The van der Waals surface area contributed by atoms with Crippen molar-refractivity contribution in [1.29, 1.82) is 0 Å². The van der Waals surface area contributed by atoms with Crippen LogP contribution in [0.1, 0.15) is 23.7 Å². The van der Waals surface area contributed by atoms with Gasteiger partial charge in [-0.15, -0.1) is 0 Å². The maximum absolute atomic E-state index is 14.4. The van der Waals surface area contributed by atoms with Crippen LogP contribution in [-0.4, -0.2) is 27.8 Å². The van der Waals surface area contributed by atoms with Crippen molar-refractivity contribution >= 4 is 40.0 Å². The molecule has 1 aromatic carbocycles. The van der Waals surface area contributed by atoms with E-state index in [9.17, 15) is 14.0 Å². The van der Waals surface area contributed by atoms with E-state index >= 15 is 0 Å². The summed E-state index contributed by atoms with van der Waals surface area (Å²) in [6, 6.07) is 9.45. The van der Waals surface area contributed by atoms with E-state index in [4.69, 9.17) is 11.5 Å². The van der Waals surface area contributed by atoms with Crippen LogP contribution in [0.2, 0.25) is 0 Å². The van der Waals surface area contributed by atoms with E-state index in [1.54, 1.807) is 13.1 Å². The van der Waals surface area contributed by atoms with E-state index in [-0.39, 0.29) is 17.2 Å². The summed E-state index contributed by atoms with van der Waals surface area (Å²) in [6.45, 7) is 1.72. The second kappa shape index (κ2) is 7.87. The Morgan fingerprint density at radius 1 is 1.18 bits per heavy atom. The van der Waals surface area contributed by atoms with Crippen LogP contribution in [-0.2, 0) is 4.79 Å². The molecule has 2 aromatic heterocycles. The topological polar surface area (TPSA) is 136 Å². The Morgan fingerprint density at radius 2 is 1.93 bits per heavy atom. The lowest BCUT2D eigenvalue weighted by atomic mass is 10.2. The molecular formula is C19H19FN6O2. The number of primary amides is 2. The molecule has 1 atom stereocenters. The van der Waals surface area contributed by atoms with Crippen LogP contribution in [0.5, 0.6) is 0 Å². The third-order valence-corrected chi connectivity index (χ3v) is 4.16. The molecule has 0 aliphatic heterocycles. The summed E-state index contributed by atoms with van der Waals surface area (Å²) in [7, 11) is 0. The first-order valence-electron chi connectivity index (χ1n) is 8.57. The molecule has 9 heteroatoms. The van der Waals surface area contributed by atoms with Gasteiger partial charge in [0.2, 0.25) is 5.91 Å². The number of pyridine rings is 2. The molecule has 0 bridgehead atoms. The lowest BCUT2D eigenvalue weighted by Crippen LogP contribution is -2.35. The number of carbonyl (C=O) groups excluding carboxylic acids is 2. The maximum atomic E-state index is 14.4. The Kier molecular flexibility index (Phi) is 5.35. The number of halogens is 1. The number of aromatic nitrogens is 2. The minimum atomic E-state index is -0.851. The van der Waals surface area contributed by atoms with Crippen molar-refractivity contribution in [2.24, 2.45) is 11.5 Å². The lowest BCUT2D eigenvalue weighted by Gasteiger charge is -2.17.